The maximum absolute atomic E-state index is 9.42. The summed E-state index contributed by atoms with van der Waals surface area (Å²) >= 11 is 0. The minimum absolute atomic E-state index is 0.0774. The number of aliphatic hydroxyl groups is 6. The SMILES string of the molecule is OCC(CO)(CO)COC1CCC2CC(OCC(CO)(CO)CO)CCC2C1. The van der Waals surface area contributed by atoms with Crippen molar-refractivity contribution in [3.8, 4) is 0 Å². The molecule has 0 amide bonds. The van der Waals surface area contributed by atoms with Crippen molar-refractivity contribution < 1.29 is 40.1 Å². The smallest absolute Gasteiger partial charge is 0.0629 e. The van der Waals surface area contributed by atoms with E-state index in [1.807, 2.05) is 0 Å². The Bertz CT molecular complexity index is 381. The van der Waals surface area contributed by atoms with E-state index >= 15 is 0 Å². The molecule has 0 bridgehead atoms. The van der Waals surface area contributed by atoms with Crippen molar-refractivity contribution in [1.82, 2.24) is 0 Å². The van der Waals surface area contributed by atoms with Gasteiger partial charge in [0.25, 0.3) is 0 Å². The normalized spacial score (nSPS) is 28.9. The second-order valence-electron chi connectivity index (χ2n) is 8.96. The van der Waals surface area contributed by atoms with Crippen molar-refractivity contribution in [2.45, 2.75) is 50.7 Å². The first-order chi connectivity index (χ1) is 13.5. The van der Waals surface area contributed by atoms with Gasteiger partial charge in [0.2, 0.25) is 0 Å². The van der Waals surface area contributed by atoms with Crippen molar-refractivity contribution in [3.63, 3.8) is 0 Å². The van der Waals surface area contributed by atoms with Gasteiger partial charge >= 0.3 is 0 Å². The molecule has 0 aromatic rings. The quantitative estimate of drug-likeness (QED) is 0.250. The molecule has 0 aromatic carbocycles. The van der Waals surface area contributed by atoms with E-state index in [0.717, 1.165) is 38.5 Å². The predicted octanol–water partition coefficient (Wildman–Crippen LogP) is -0.716. The number of ether oxygens (including phenoxy) is 2. The second kappa shape index (κ2) is 11.2. The summed E-state index contributed by atoms with van der Waals surface area (Å²) in [6.45, 7) is -1.57. The summed E-state index contributed by atoms with van der Waals surface area (Å²) in [5, 5.41) is 56.5. The predicted molar refractivity (Wildman–Crippen MR) is 102 cm³/mol. The van der Waals surface area contributed by atoms with Gasteiger partial charge < -0.3 is 40.1 Å². The van der Waals surface area contributed by atoms with E-state index in [1.54, 1.807) is 0 Å². The number of aliphatic hydroxyl groups excluding tert-OH is 6. The summed E-state index contributed by atoms with van der Waals surface area (Å²) in [4.78, 5) is 0. The zero-order chi connectivity index (χ0) is 20.6. The lowest BCUT2D eigenvalue weighted by Gasteiger charge is -2.43. The highest BCUT2D eigenvalue weighted by Crippen LogP contribution is 2.42. The van der Waals surface area contributed by atoms with Gasteiger partial charge in [-0.2, -0.15) is 0 Å². The van der Waals surface area contributed by atoms with Crippen LogP contribution in [-0.4, -0.2) is 95.7 Å². The van der Waals surface area contributed by atoms with Crippen LogP contribution < -0.4 is 0 Å². The lowest BCUT2D eigenvalue weighted by Crippen LogP contribution is -2.43. The molecule has 8 heteroatoms. The van der Waals surface area contributed by atoms with Gasteiger partial charge in [-0.3, -0.25) is 0 Å². The Morgan fingerprint density at radius 1 is 0.536 bits per heavy atom. The van der Waals surface area contributed by atoms with Crippen LogP contribution in [0.2, 0.25) is 0 Å². The van der Waals surface area contributed by atoms with Crippen LogP contribution in [0, 0.1) is 22.7 Å². The molecule has 0 aliphatic heterocycles. The van der Waals surface area contributed by atoms with Crippen LogP contribution in [0.25, 0.3) is 0 Å². The minimum Gasteiger partial charge on any atom is -0.396 e. The molecule has 2 fully saturated rings. The molecule has 0 spiro atoms. The Morgan fingerprint density at radius 2 is 0.857 bits per heavy atom. The Balaban J connectivity index is 1.78. The van der Waals surface area contributed by atoms with E-state index in [-0.39, 0.29) is 65.1 Å². The molecule has 2 saturated carbocycles. The molecule has 4 unspecified atom stereocenters. The van der Waals surface area contributed by atoms with Crippen molar-refractivity contribution in [2.24, 2.45) is 22.7 Å². The van der Waals surface area contributed by atoms with E-state index in [0.29, 0.717) is 11.8 Å². The van der Waals surface area contributed by atoms with Gasteiger partial charge in [-0.25, -0.2) is 0 Å². The number of hydrogen-bond acceptors (Lipinski definition) is 8. The largest absolute Gasteiger partial charge is 0.396 e. The molecule has 0 heterocycles. The topological polar surface area (TPSA) is 140 Å². The van der Waals surface area contributed by atoms with Gasteiger partial charge in [0.15, 0.2) is 0 Å². The summed E-state index contributed by atoms with van der Waals surface area (Å²) < 4.78 is 11.9. The fraction of sp³-hybridized carbons (Fsp3) is 1.00. The molecule has 4 atom stereocenters. The lowest BCUT2D eigenvalue weighted by atomic mass is 9.69. The summed E-state index contributed by atoms with van der Waals surface area (Å²) in [5.41, 5.74) is -1.97. The molecule has 28 heavy (non-hydrogen) atoms. The standard InChI is InChI=1S/C20H38O8/c21-7-19(8-22,9-23)13-27-17-3-1-15-5-18(4-2-16(15)6-17)28-14-20(10-24,11-25)12-26/h15-18,21-26H,1-14H2. The lowest BCUT2D eigenvalue weighted by molar-refractivity contribution is -0.115. The number of rotatable bonds is 12. The van der Waals surface area contributed by atoms with Gasteiger partial charge in [0.05, 0.1) is 75.9 Å². The molecule has 0 saturated heterocycles. The van der Waals surface area contributed by atoms with Crippen molar-refractivity contribution in [1.29, 1.82) is 0 Å². The third-order valence-corrected chi connectivity index (χ3v) is 6.78. The van der Waals surface area contributed by atoms with Crippen LogP contribution in [0.5, 0.6) is 0 Å². The monoisotopic (exact) mass is 406 g/mol. The fourth-order valence-corrected chi connectivity index (χ4v) is 4.27. The Kier molecular flexibility index (Phi) is 9.56. The summed E-state index contributed by atoms with van der Waals surface area (Å²) in [6.07, 6.45) is 5.87. The molecule has 0 radical (unpaired) electrons. The van der Waals surface area contributed by atoms with Gasteiger partial charge in [-0.1, -0.05) is 0 Å². The average molecular weight is 407 g/mol. The molecule has 8 nitrogen and oxygen atoms in total. The Hall–Kier alpha value is -0.320. The maximum Gasteiger partial charge on any atom is 0.0629 e. The maximum atomic E-state index is 9.42. The summed E-state index contributed by atoms with van der Waals surface area (Å²) in [6, 6.07) is 0. The van der Waals surface area contributed by atoms with E-state index < -0.39 is 10.8 Å². The van der Waals surface area contributed by atoms with E-state index in [2.05, 4.69) is 0 Å². The van der Waals surface area contributed by atoms with Gasteiger partial charge in [-0.15, -0.1) is 0 Å². The van der Waals surface area contributed by atoms with E-state index in [4.69, 9.17) is 9.47 Å². The Morgan fingerprint density at radius 3 is 1.14 bits per heavy atom. The molecular formula is C20H38O8. The van der Waals surface area contributed by atoms with Crippen LogP contribution in [-0.2, 0) is 9.47 Å². The highest BCUT2D eigenvalue weighted by atomic mass is 16.5. The van der Waals surface area contributed by atoms with E-state index in [9.17, 15) is 30.6 Å². The van der Waals surface area contributed by atoms with Crippen LogP contribution in [0.4, 0.5) is 0 Å². The second-order valence-corrected chi connectivity index (χ2v) is 8.96. The van der Waals surface area contributed by atoms with Crippen LogP contribution in [0.3, 0.4) is 0 Å². The molecule has 2 aliphatic rings. The first kappa shape index (κ1) is 24.0. The van der Waals surface area contributed by atoms with Crippen LogP contribution >= 0.6 is 0 Å². The van der Waals surface area contributed by atoms with Crippen molar-refractivity contribution >= 4 is 0 Å². The molecule has 6 N–H and O–H groups in total. The van der Waals surface area contributed by atoms with Crippen LogP contribution in [0.1, 0.15) is 38.5 Å². The highest BCUT2D eigenvalue weighted by molar-refractivity contribution is 4.88. The fourth-order valence-electron chi connectivity index (χ4n) is 4.27. The van der Waals surface area contributed by atoms with Gasteiger partial charge in [-0.05, 0) is 50.4 Å². The van der Waals surface area contributed by atoms with Gasteiger partial charge in [0, 0.05) is 0 Å². The molecule has 0 aromatic heterocycles. The summed E-state index contributed by atoms with van der Waals surface area (Å²) in [7, 11) is 0. The summed E-state index contributed by atoms with van der Waals surface area (Å²) in [5.74, 6) is 1.09. The van der Waals surface area contributed by atoms with Gasteiger partial charge in [0.1, 0.15) is 0 Å². The first-order valence-corrected chi connectivity index (χ1v) is 10.4. The molecule has 166 valence electrons. The minimum atomic E-state index is -0.985. The number of hydrogen-bond donors (Lipinski definition) is 6. The Labute approximate surface area is 167 Å². The number of fused-ring (bicyclic) bond motifs is 1. The zero-order valence-electron chi connectivity index (χ0n) is 16.7. The van der Waals surface area contributed by atoms with Crippen molar-refractivity contribution in [3.05, 3.63) is 0 Å². The van der Waals surface area contributed by atoms with E-state index in [1.165, 1.54) is 0 Å². The average Bonchev–Trinajstić information content (AvgIpc) is 2.76. The first-order valence-electron chi connectivity index (χ1n) is 10.4. The third-order valence-electron chi connectivity index (χ3n) is 6.78. The molecule has 2 aliphatic carbocycles. The molecular weight excluding hydrogens is 368 g/mol. The highest BCUT2D eigenvalue weighted by Gasteiger charge is 2.39. The van der Waals surface area contributed by atoms with Crippen molar-refractivity contribution in [2.75, 3.05) is 52.9 Å². The zero-order valence-corrected chi connectivity index (χ0v) is 16.7. The third kappa shape index (κ3) is 5.86. The molecule has 2 rings (SSSR count). The van der Waals surface area contributed by atoms with Crippen LogP contribution in [0.15, 0.2) is 0 Å².